The smallest absolute Gasteiger partial charge is 0.0832 e. The van der Waals surface area contributed by atoms with E-state index < -0.39 is 0 Å². The van der Waals surface area contributed by atoms with E-state index in [1.807, 2.05) is 0 Å². The van der Waals surface area contributed by atoms with Gasteiger partial charge in [0, 0.05) is 7.11 Å². The fraction of sp³-hybridized carbons (Fsp3) is 1.00. The summed E-state index contributed by atoms with van der Waals surface area (Å²) in [5.41, 5.74) is 0. The minimum atomic E-state index is -0.231. The fourth-order valence-electron chi connectivity index (χ4n) is 2.00. The molecule has 72 valence electrons. The lowest BCUT2D eigenvalue weighted by atomic mass is 9.79. The second-order valence-corrected chi connectivity index (χ2v) is 4.16. The van der Waals surface area contributed by atoms with Crippen LogP contribution in [-0.2, 0) is 4.74 Å². The van der Waals surface area contributed by atoms with Crippen LogP contribution >= 0.6 is 0 Å². The molecule has 1 fully saturated rings. The third kappa shape index (κ3) is 2.20. The number of aliphatic hydroxyl groups is 1. The summed E-state index contributed by atoms with van der Waals surface area (Å²) in [5.74, 6) is 1.45. The van der Waals surface area contributed by atoms with Gasteiger partial charge in [-0.05, 0) is 31.1 Å². The highest BCUT2D eigenvalue weighted by atomic mass is 16.5. The van der Waals surface area contributed by atoms with Crippen molar-refractivity contribution >= 4 is 0 Å². The van der Waals surface area contributed by atoms with Crippen molar-refractivity contribution in [3.05, 3.63) is 0 Å². The van der Waals surface area contributed by atoms with Gasteiger partial charge in [-0.25, -0.2) is 0 Å². The Kier molecular flexibility index (Phi) is 3.53. The third-order valence-electron chi connectivity index (χ3n) is 3.04. The lowest BCUT2D eigenvalue weighted by Crippen LogP contribution is -2.36. The Morgan fingerprint density at radius 1 is 1.33 bits per heavy atom. The maximum absolute atomic E-state index is 9.54. The largest absolute Gasteiger partial charge is 0.390 e. The maximum atomic E-state index is 9.54. The number of hydrogen-bond acceptors (Lipinski definition) is 2. The van der Waals surface area contributed by atoms with Crippen molar-refractivity contribution in [3.8, 4) is 0 Å². The van der Waals surface area contributed by atoms with Crippen LogP contribution in [0.15, 0.2) is 0 Å². The van der Waals surface area contributed by atoms with Crippen LogP contribution in [0.1, 0.15) is 33.1 Å². The van der Waals surface area contributed by atoms with Crippen molar-refractivity contribution in [1.29, 1.82) is 0 Å². The number of methoxy groups -OCH3 is 1. The van der Waals surface area contributed by atoms with Gasteiger partial charge in [0.15, 0.2) is 0 Å². The molecule has 0 amide bonds. The van der Waals surface area contributed by atoms with Gasteiger partial charge in [-0.2, -0.15) is 0 Å². The van der Waals surface area contributed by atoms with Gasteiger partial charge in [0.25, 0.3) is 0 Å². The first kappa shape index (κ1) is 10.0. The highest BCUT2D eigenvalue weighted by Crippen LogP contribution is 2.31. The van der Waals surface area contributed by atoms with Gasteiger partial charge in [0.05, 0.1) is 12.2 Å². The average molecular weight is 172 g/mol. The van der Waals surface area contributed by atoms with Gasteiger partial charge in [-0.1, -0.05) is 13.8 Å². The van der Waals surface area contributed by atoms with Crippen LogP contribution in [0, 0.1) is 11.8 Å². The van der Waals surface area contributed by atoms with E-state index in [0.717, 1.165) is 31.1 Å². The van der Waals surface area contributed by atoms with Gasteiger partial charge in [0.2, 0.25) is 0 Å². The summed E-state index contributed by atoms with van der Waals surface area (Å²) in [5, 5.41) is 9.54. The third-order valence-corrected chi connectivity index (χ3v) is 3.04. The quantitative estimate of drug-likeness (QED) is 0.688. The monoisotopic (exact) mass is 172 g/mol. The molecular weight excluding hydrogens is 152 g/mol. The molecule has 0 aromatic carbocycles. The molecule has 1 rings (SSSR count). The zero-order valence-corrected chi connectivity index (χ0v) is 8.29. The van der Waals surface area contributed by atoms with Gasteiger partial charge in [0.1, 0.15) is 0 Å². The Labute approximate surface area is 74.9 Å². The van der Waals surface area contributed by atoms with Crippen molar-refractivity contribution in [3.63, 3.8) is 0 Å². The molecular formula is C10H20O2. The summed E-state index contributed by atoms with van der Waals surface area (Å²) in [6, 6.07) is 0. The molecule has 0 aliphatic heterocycles. The van der Waals surface area contributed by atoms with Crippen LogP contribution in [0.3, 0.4) is 0 Å². The van der Waals surface area contributed by atoms with Crippen LogP contribution in [-0.4, -0.2) is 24.4 Å². The summed E-state index contributed by atoms with van der Waals surface area (Å²) in [6.45, 7) is 4.49. The topological polar surface area (TPSA) is 29.5 Å². The van der Waals surface area contributed by atoms with Crippen LogP contribution in [0.4, 0.5) is 0 Å². The predicted molar refractivity (Wildman–Crippen MR) is 49.0 cm³/mol. The lowest BCUT2D eigenvalue weighted by Gasteiger charge is -2.34. The predicted octanol–water partition coefficient (Wildman–Crippen LogP) is 1.82. The first-order chi connectivity index (χ1) is 5.65. The summed E-state index contributed by atoms with van der Waals surface area (Å²) >= 11 is 0. The standard InChI is InChI=1S/C10H20O2/c1-7(2)8-4-5-9(11)10(6-8)12-3/h7-11H,4-6H2,1-3H3/t8?,9?,10-/m1/s1. The van der Waals surface area contributed by atoms with E-state index in [1.165, 1.54) is 0 Å². The summed E-state index contributed by atoms with van der Waals surface area (Å²) in [4.78, 5) is 0. The molecule has 0 radical (unpaired) electrons. The maximum Gasteiger partial charge on any atom is 0.0832 e. The van der Waals surface area contributed by atoms with Crippen molar-refractivity contribution < 1.29 is 9.84 Å². The molecule has 2 heteroatoms. The number of ether oxygens (including phenoxy) is 1. The van der Waals surface area contributed by atoms with E-state index in [9.17, 15) is 5.11 Å². The zero-order chi connectivity index (χ0) is 9.14. The molecule has 0 aromatic heterocycles. The second kappa shape index (κ2) is 4.24. The van der Waals surface area contributed by atoms with Crippen LogP contribution in [0.5, 0.6) is 0 Å². The molecule has 0 spiro atoms. The van der Waals surface area contributed by atoms with Crippen molar-refractivity contribution in [2.24, 2.45) is 11.8 Å². The summed E-state index contributed by atoms with van der Waals surface area (Å²) < 4.78 is 5.23. The fourth-order valence-corrected chi connectivity index (χ4v) is 2.00. The highest BCUT2D eigenvalue weighted by molar-refractivity contribution is 4.81. The lowest BCUT2D eigenvalue weighted by molar-refractivity contribution is -0.0560. The van der Waals surface area contributed by atoms with Gasteiger partial charge in [-0.15, -0.1) is 0 Å². The van der Waals surface area contributed by atoms with E-state index in [4.69, 9.17) is 4.74 Å². The Morgan fingerprint density at radius 3 is 2.50 bits per heavy atom. The average Bonchev–Trinajstić information content (AvgIpc) is 2.05. The van der Waals surface area contributed by atoms with E-state index in [-0.39, 0.29) is 12.2 Å². The van der Waals surface area contributed by atoms with Crippen LogP contribution in [0.25, 0.3) is 0 Å². The van der Waals surface area contributed by atoms with Gasteiger partial charge >= 0.3 is 0 Å². The Bertz CT molecular complexity index is 134. The van der Waals surface area contributed by atoms with Gasteiger partial charge < -0.3 is 9.84 Å². The molecule has 1 aliphatic carbocycles. The molecule has 0 aromatic rings. The Balaban J connectivity index is 2.44. The van der Waals surface area contributed by atoms with E-state index >= 15 is 0 Å². The number of aliphatic hydroxyl groups excluding tert-OH is 1. The molecule has 2 unspecified atom stereocenters. The minimum Gasteiger partial charge on any atom is -0.390 e. The molecule has 1 N–H and O–H groups in total. The molecule has 1 aliphatic rings. The van der Waals surface area contributed by atoms with Gasteiger partial charge in [-0.3, -0.25) is 0 Å². The molecule has 2 nitrogen and oxygen atoms in total. The van der Waals surface area contributed by atoms with E-state index in [2.05, 4.69) is 13.8 Å². The number of rotatable bonds is 2. The molecule has 3 atom stereocenters. The van der Waals surface area contributed by atoms with E-state index in [0.29, 0.717) is 0 Å². The molecule has 0 bridgehead atoms. The molecule has 0 heterocycles. The molecule has 12 heavy (non-hydrogen) atoms. The Morgan fingerprint density at radius 2 is 2.00 bits per heavy atom. The normalized spacial score (nSPS) is 37.2. The summed E-state index contributed by atoms with van der Waals surface area (Å²) in [7, 11) is 1.69. The second-order valence-electron chi connectivity index (χ2n) is 4.16. The van der Waals surface area contributed by atoms with Crippen LogP contribution < -0.4 is 0 Å². The van der Waals surface area contributed by atoms with E-state index in [1.54, 1.807) is 7.11 Å². The van der Waals surface area contributed by atoms with Crippen molar-refractivity contribution in [2.75, 3.05) is 7.11 Å². The van der Waals surface area contributed by atoms with Crippen molar-refractivity contribution in [2.45, 2.75) is 45.3 Å². The minimum absolute atomic E-state index is 0.0751. The zero-order valence-electron chi connectivity index (χ0n) is 8.29. The Hall–Kier alpha value is -0.0800. The van der Waals surface area contributed by atoms with Crippen molar-refractivity contribution in [1.82, 2.24) is 0 Å². The first-order valence-electron chi connectivity index (χ1n) is 4.86. The number of hydrogen-bond donors (Lipinski definition) is 1. The first-order valence-corrected chi connectivity index (χ1v) is 4.86. The van der Waals surface area contributed by atoms with Crippen LogP contribution in [0.2, 0.25) is 0 Å². The SMILES string of the molecule is CO[C@@H]1CC(C(C)C)CCC1O. The molecule has 1 saturated carbocycles. The molecule has 0 saturated heterocycles. The highest BCUT2D eigenvalue weighted by Gasteiger charge is 2.30. The summed E-state index contributed by atoms with van der Waals surface area (Å²) in [6.07, 6.45) is 2.92.